The van der Waals surface area contributed by atoms with Crippen LogP contribution < -0.4 is 16.0 Å². The topological polar surface area (TPSA) is 70.1 Å². The normalized spacial score (nSPS) is 10.5. The zero-order chi connectivity index (χ0) is 14.0. The van der Waals surface area contributed by atoms with Gasteiger partial charge in [-0.3, -0.25) is 9.36 Å². The number of methoxy groups -OCH3 is 1. The number of anilines is 1. The van der Waals surface area contributed by atoms with Crippen molar-refractivity contribution in [3.8, 4) is 5.75 Å². The van der Waals surface area contributed by atoms with Crippen LogP contribution in [0, 0.1) is 10.5 Å². The van der Waals surface area contributed by atoms with Crippen molar-refractivity contribution in [2.75, 3.05) is 12.8 Å². The third-order valence-corrected chi connectivity index (χ3v) is 3.58. The highest BCUT2D eigenvalue weighted by Crippen LogP contribution is 2.22. The summed E-state index contributed by atoms with van der Waals surface area (Å²) < 4.78 is 7.34. The van der Waals surface area contributed by atoms with Crippen LogP contribution in [0.1, 0.15) is 11.4 Å². The number of hydrogen-bond acceptors (Lipinski definition) is 4. The Bertz CT molecular complexity index is 667. The maximum absolute atomic E-state index is 12.1. The first kappa shape index (κ1) is 13.9. The van der Waals surface area contributed by atoms with E-state index in [4.69, 9.17) is 10.5 Å². The number of aromatic nitrogens is 2. The van der Waals surface area contributed by atoms with Crippen molar-refractivity contribution in [3.63, 3.8) is 0 Å². The molecule has 2 aromatic rings. The summed E-state index contributed by atoms with van der Waals surface area (Å²) in [6.07, 6.45) is 1.58. The lowest BCUT2D eigenvalue weighted by Crippen LogP contribution is -2.26. The molecule has 2 rings (SSSR count). The van der Waals surface area contributed by atoms with Gasteiger partial charge in [0.05, 0.1) is 22.9 Å². The highest BCUT2D eigenvalue weighted by atomic mass is 127. The predicted octanol–water partition coefficient (Wildman–Crippen LogP) is 1.80. The van der Waals surface area contributed by atoms with Gasteiger partial charge in [-0.1, -0.05) is 6.07 Å². The molecule has 0 amide bonds. The van der Waals surface area contributed by atoms with E-state index in [0.717, 1.165) is 5.56 Å². The molecule has 5 nitrogen and oxygen atoms in total. The summed E-state index contributed by atoms with van der Waals surface area (Å²) >= 11 is 1.99. The number of nitrogens with zero attached hydrogens (tertiary/aromatic N) is 2. The van der Waals surface area contributed by atoms with E-state index in [0.29, 0.717) is 27.4 Å². The van der Waals surface area contributed by atoms with Gasteiger partial charge in [0.1, 0.15) is 11.6 Å². The van der Waals surface area contributed by atoms with Crippen LogP contribution in [0.2, 0.25) is 0 Å². The van der Waals surface area contributed by atoms with Gasteiger partial charge in [0.15, 0.2) is 0 Å². The predicted molar refractivity (Wildman–Crippen MR) is 82.5 cm³/mol. The molecule has 1 aromatic carbocycles. The van der Waals surface area contributed by atoms with Crippen LogP contribution in [0.3, 0.4) is 0 Å². The second-order valence-corrected chi connectivity index (χ2v) is 5.28. The maximum Gasteiger partial charge on any atom is 0.267 e. The SMILES string of the molecule is COc1ccc(Cn2c(C)ncc(I)c2=O)cc1N. The number of benzene rings is 1. The molecule has 0 spiro atoms. The summed E-state index contributed by atoms with van der Waals surface area (Å²) in [6, 6.07) is 5.50. The molecule has 2 N–H and O–H groups in total. The van der Waals surface area contributed by atoms with Gasteiger partial charge in [0.2, 0.25) is 0 Å². The molecular formula is C13H14IN3O2. The number of nitrogen functional groups attached to an aromatic ring is 1. The lowest BCUT2D eigenvalue weighted by molar-refractivity contribution is 0.417. The molecule has 100 valence electrons. The Morgan fingerprint density at radius 1 is 1.47 bits per heavy atom. The third-order valence-electron chi connectivity index (χ3n) is 2.84. The highest BCUT2D eigenvalue weighted by molar-refractivity contribution is 14.1. The molecule has 1 heterocycles. The number of nitrogens with two attached hydrogens (primary N) is 1. The zero-order valence-electron chi connectivity index (χ0n) is 10.7. The lowest BCUT2D eigenvalue weighted by atomic mass is 10.2. The molecule has 0 aliphatic rings. The Kier molecular flexibility index (Phi) is 4.08. The average molecular weight is 371 g/mol. The molecule has 6 heteroatoms. The number of halogens is 1. The van der Waals surface area contributed by atoms with Crippen LogP contribution in [0.4, 0.5) is 5.69 Å². The van der Waals surface area contributed by atoms with Crippen molar-refractivity contribution in [1.82, 2.24) is 9.55 Å². The average Bonchev–Trinajstić information content (AvgIpc) is 2.39. The molecule has 0 aliphatic heterocycles. The highest BCUT2D eigenvalue weighted by Gasteiger charge is 2.07. The molecule has 19 heavy (non-hydrogen) atoms. The van der Waals surface area contributed by atoms with Crippen molar-refractivity contribution < 1.29 is 4.74 Å². The Balaban J connectivity index is 2.39. The van der Waals surface area contributed by atoms with E-state index in [1.165, 1.54) is 0 Å². The Hall–Kier alpha value is -1.57. The monoisotopic (exact) mass is 371 g/mol. The molecule has 1 aromatic heterocycles. The van der Waals surface area contributed by atoms with Crippen LogP contribution in [-0.2, 0) is 6.54 Å². The molecule has 0 fully saturated rings. The Morgan fingerprint density at radius 3 is 2.84 bits per heavy atom. The molecule has 0 saturated heterocycles. The van der Waals surface area contributed by atoms with E-state index in [-0.39, 0.29) is 5.56 Å². The minimum absolute atomic E-state index is 0.0394. The van der Waals surface area contributed by atoms with Gasteiger partial charge >= 0.3 is 0 Å². The minimum atomic E-state index is -0.0394. The minimum Gasteiger partial charge on any atom is -0.495 e. The van der Waals surface area contributed by atoms with E-state index < -0.39 is 0 Å². The summed E-state index contributed by atoms with van der Waals surface area (Å²) in [5.74, 6) is 1.31. The fourth-order valence-corrected chi connectivity index (χ4v) is 2.23. The fourth-order valence-electron chi connectivity index (χ4n) is 1.80. The Labute approximate surface area is 124 Å². The zero-order valence-corrected chi connectivity index (χ0v) is 12.8. The van der Waals surface area contributed by atoms with Crippen LogP contribution in [0.5, 0.6) is 5.75 Å². The first-order valence-electron chi connectivity index (χ1n) is 5.67. The largest absolute Gasteiger partial charge is 0.495 e. The number of hydrogen-bond donors (Lipinski definition) is 1. The lowest BCUT2D eigenvalue weighted by Gasteiger charge is -2.11. The van der Waals surface area contributed by atoms with E-state index in [2.05, 4.69) is 4.98 Å². The summed E-state index contributed by atoms with van der Waals surface area (Å²) in [4.78, 5) is 16.3. The Morgan fingerprint density at radius 2 is 2.21 bits per heavy atom. The third kappa shape index (κ3) is 2.89. The van der Waals surface area contributed by atoms with Gasteiger partial charge in [-0.25, -0.2) is 4.98 Å². The van der Waals surface area contributed by atoms with E-state index in [1.807, 2.05) is 41.6 Å². The fraction of sp³-hybridized carbons (Fsp3) is 0.231. The van der Waals surface area contributed by atoms with Crippen molar-refractivity contribution in [2.45, 2.75) is 13.5 Å². The molecule has 0 radical (unpaired) electrons. The molecule has 0 saturated carbocycles. The van der Waals surface area contributed by atoms with Gasteiger partial charge in [-0.15, -0.1) is 0 Å². The first-order chi connectivity index (χ1) is 9.02. The maximum atomic E-state index is 12.1. The van der Waals surface area contributed by atoms with Crippen LogP contribution >= 0.6 is 22.6 Å². The molecule has 0 bridgehead atoms. The summed E-state index contributed by atoms with van der Waals surface area (Å²) in [6.45, 7) is 2.26. The van der Waals surface area contributed by atoms with Gasteiger partial charge < -0.3 is 10.5 Å². The quantitative estimate of drug-likeness (QED) is 0.660. The summed E-state index contributed by atoms with van der Waals surface area (Å²) in [7, 11) is 1.57. The van der Waals surface area contributed by atoms with E-state index in [9.17, 15) is 4.79 Å². The summed E-state index contributed by atoms with van der Waals surface area (Å²) in [5.41, 5.74) is 7.32. The van der Waals surface area contributed by atoms with Gasteiger partial charge in [0, 0.05) is 6.20 Å². The van der Waals surface area contributed by atoms with Gasteiger partial charge in [-0.2, -0.15) is 0 Å². The second-order valence-electron chi connectivity index (χ2n) is 4.12. The molecule has 0 atom stereocenters. The molecule has 0 unspecified atom stereocenters. The van der Waals surface area contributed by atoms with E-state index in [1.54, 1.807) is 23.9 Å². The number of rotatable bonds is 3. The van der Waals surface area contributed by atoms with Crippen molar-refractivity contribution in [2.24, 2.45) is 0 Å². The van der Waals surface area contributed by atoms with Gasteiger partial charge in [-0.05, 0) is 47.2 Å². The van der Waals surface area contributed by atoms with Gasteiger partial charge in [0.25, 0.3) is 5.56 Å². The number of ether oxygens (including phenoxy) is 1. The first-order valence-corrected chi connectivity index (χ1v) is 6.75. The van der Waals surface area contributed by atoms with Crippen molar-refractivity contribution in [3.05, 3.63) is 49.7 Å². The van der Waals surface area contributed by atoms with Crippen LogP contribution in [0.15, 0.2) is 29.2 Å². The standard InChI is InChI=1S/C13H14IN3O2/c1-8-16-6-10(14)13(18)17(8)7-9-3-4-12(19-2)11(15)5-9/h3-6H,7,15H2,1-2H3. The smallest absolute Gasteiger partial charge is 0.267 e. The molecular weight excluding hydrogens is 357 g/mol. The van der Waals surface area contributed by atoms with Crippen LogP contribution in [0.25, 0.3) is 0 Å². The van der Waals surface area contributed by atoms with Crippen LogP contribution in [-0.4, -0.2) is 16.7 Å². The second kappa shape index (κ2) is 5.60. The molecule has 0 aliphatic carbocycles. The number of aryl methyl sites for hydroxylation is 1. The summed E-state index contributed by atoms with van der Waals surface area (Å²) in [5, 5.41) is 0. The van der Waals surface area contributed by atoms with Crippen molar-refractivity contribution in [1.29, 1.82) is 0 Å². The van der Waals surface area contributed by atoms with Crippen molar-refractivity contribution >= 4 is 28.3 Å². The van der Waals surface area contributed by atoms with E-state index >= 15 is 0 Å².